The topological polar surface area (TPSA) is 73.6 Å². The lowest BCUT2D eigenvalue weighted by Gasteiger charge is -2.71. The molecule has 0 unspecified atom stereocenters. The van der Waals surface area contributed by atoms with Crippen molar-refractivity contribution in [3.63, 3.8) is 0 Å². The number of hydrogen-bond donors (Lipinski definition) is 1. The Hall–Kier alpha value is -2.03. The third-order valence-electron chi connectivity index (χ3n) is 8.12. The first-order valence-corrected chi connectivity index (χ1v) is 12.2. The number of aliphatic hydroxyl groups is 1. The van der Waals surface area contributed by atoms with Crippen LogP contribution < -0.4 is 4.74 Å². The van der Waals surface area contributed by atoms with Gasteiger partial charge in [-0.05, 0) is 61.3 Å². The Balaban J connectivity index is 1.03. The van der Waals surface area contributed by atoms with Crippen LogP contribution in [0.15, 0.2) is 30.6 Å². The zero-order chi connectivity index (χ0) is 23.9. The normalized spacial score (nSPS) is 35.9. The van der Waals surface area contributed by atoms with E-state index in [1.54, 1.807) is 18.2 Å². The number of nitrogens with zero attached hydrogens (tertiary/aromatic N) is 2. The van der Waals surface area contributed by atoms with Crippen molar-refractivity contribution in [1.29, 1.82) is 0 Å². The molecule has 182 valence electrons. The van der Waals surface area contributed by atoms with Crippen molar-refractivity contribution >= 4 is 17.4 Å². The molecule has 2 heterocycles. The van der Waals surface area contributed by atoms with Crippen LogP contribution in [0, 0.1) is 5.41 Å². The second kappa shape index (κ2) is 7.48. The SMILES string of the molecule is CC(F)(F)OC1CC(n2cc(C34CC(CC(=O)[C@H]5C[C@@H](O)c6cc(Cl)ccc6O5)(C3)C4)cn2)C1. The van der Waals surface area contributed by atoms with Crippen molar-refractivity contribution in [2.45, 2.75) is 87.7 Å². The van der Waals surface area contributed by atoms with Gasteiger partial charge in [0.2, 0.25) is 0 Å². The summed E-state index contributed by atoms with van der Waals surface area (Å²) in [5.74, 6) is 0.561. The maximum atomic E-state index is 13.0. The standard InChI is InChI=1S/C25H27ClF2N2O4/c1-23(27,28)34-17-5-16(6-17)30-10-14(9-29-30)25-11-24(12-25,13-25)8-20(32)22-7-19(31)18-4-15(26)2-3-21(18)33-22/h2-4,9-10,16-17,19,22,31H,5-8,11-13H2,1H3/t16?,17?,19-,22-,24?,25?/m1/s1. The number of Topliss-reactive ketones (excluding diaryl/α,β-unsaturated/α-hetero) is 1. The number of carbonyl (C=O) groups excluding carboxylic acids is 1. The second-order valence-electron chi connectivity index (χ2n) is 10.9. The molecule has 9 heteroatoms. The summed E-state index contributed by atoms with van der Waals surface area (Å²) in [6.45, 7) is 0.771. The number of ketones is 1. The second-order valence-corrected chi connectivity index (χ2v) is 11.3. The first kappa shape index (κ1) is 22.4. The van der Waals surface area contributed by atoms with E-state index in [0.717, 1.165) is 26.2 Å². The molecule has 0 saturated heterocycles. The molecule has 5 aliphatic rings. The summed E-state index contributed by atoms with van der Waals surface area (Å²) in [4.78, 5) is 13.0. The number of hydrogen-bond acceptors (Lipinski definition) is 5. The van der Waals surface area contributed by atoms with Gasteiger partial charge in [-0.25, -0.2) is 0 Å². The van der Waals surface area contributed by atoms with Crippen LogP contribution in [0.25, 0.3) is 0 Å². The van der Waals surface area contributed by atoms with Crippen molar-refractivity contribution in [3.8, 4) is 5.75 Å². The highest BCUT2D eigenvalue weighted by Gasteiger charge is 2.69. The lowest BCUT2D eigenvalue weighted by molar-refractivity contribution is -0.267. The molecule has 2 atom stereocenters. The molecule has 4 saturated carbocycles. The third-order valence-corrected chi connectivity index (χ3v) is 8.35. The summed E-state index contributed by atoms with van der Waals surface area (Å²) in [7, 11) is 0. The molecule has 4 fully saturated rings. The number of aliphatic hydroxyl groups excluding tert-OH is 1. The molecule has 1 aliphatic heterocycles. The van der Waals surface area contributed by atoms with E-state index in [0.29, 0.717) is 35.6 Å². The molecule has 0 radical (unpaired) electrons. The summed E-state index contributed by atoms with van der Waals surface area (Å²) in [6.07, 6.45) is 3.61. The highest BCUT2D eigenvalue weighted by Crippen LogP contribution is 2.75. The van der Waals surface area contributed by atoms with Crippen LogP contribution in [0.1, 0.15) is 75.1 Å². The molecular weight excluding hydrogens is 466 g/mol. The molecule has 7 rings (SSSR count). The van der Waals surface area contributed by atoms with Crippen LogP contribution in [-0.4, -0.2) is 39.0 Å². The fourth-order valence-corrected chi connectivity index (χ4v) is 6.73. The minimum Gasteiger partial charge on any atom is -0.482 e. The van der Waals surface area contributed by atoms with Crippen molar-refractivity contribution in [2.75, 3.05) is 0 Å². The highest BCUT2D eigenvalue weighted by molar-refractivity contribution is 6.30. The number of benzene rings is 1. The van der Waals surface area contributed by atoms with Crippen LogP contribution in [0.5, 0.6) is 5.75 Å². The molecule has 2 bridgehead atoms. The number of aromatic nitrogens is 2. The summed E-state index contributed by atoms with van der Waals surface area (Å²) in [6, 6.07) is 5.18. The van der Waals surface area contributed by atoms with Gasteiger partial charge < -0.3 is 14.6 Å². The zero-order valence-corrected chi connectivity index (χ0v) is 19.6. The largest absolute Gasteiger partial charge is 0.482 e. The number of carbonyl (C=O) groups is 1. The van der Waals surface area contributed by atoms with Gasteiger partial charge >= 0.3 is 6.11 Å². The predicted molar refractivity (Wildman–Crippen MR) is 119 cm³/mol. The van der Waals surface area contributed by atoms with Crippen LogP contribution >= 0.6 is 11.6 Å². The summed E-state index contributed by atoms with van der Waals surface area (Å²) in [5, 5.41) is 15.5. The quantitative estimate of drug-likeness (QED) is 0.579. The van der Waals surface area contributed by atoms with E-state index >= 15 is 0 Å². The minimum absolute atomic E-state index is 0.00980. The Bertz CT molecular complexity index is 1120. The molecule has 0 spiro atoms. The van der Waals surface area contributed by atoms with Crippen LogP contribution in [-0.2, 0) is 14.9 Å². The van der Waals surface area contributed by atoms with Gasteiger partial charge in [0.05, 0.1) is 24.4 Å². The highest BCUT2D eigenvalue weighted by atomic mass is 35.5. The molecule has 1 N–H and O–H groups in total. The van der Waals surface area contributed by atoms with E-state index in [2.05, 4.69) is 5.10 Å². The van der Waals surface area contributed by atoms with Crippen molar-refractivity contribution in [3.05, 3.63) is 46.7 Å². The molecule has 0 amide bonds. The Morgan fingerprint density at radius 2 is 2.06 bits per heavy atom. The fraction of sp³-hybridized carbons (Fsp3) is 0.600. The van der Waals surface area contributed by atoms with Gasteiger partial charge in [0.1, 0.15) is 5.75 Å². The fourth-order valence-electron chi connectivity index (χ4n) is 6.54. The van der Waals surface area contributed by atoms with Gasteiger partial charge in [-0.2, -0.15) is 13.9 Å². The van der Waals surface area contributed by atoms with Gasteiger partial charge in [-0.15, -0.1) is 0 Å². The summed E-state index contributed by atoms with van der Waals surface area (Å²) in [5.41, 5.74) is 1.88. The van der Waals surface area contributed by atoms with Crippen LogP contribution in [0.4, 0.5) is 8.78 Å². The van der Waals surface area contributed by atoms with Crippen LogP contribution in [0.2, 0.25) is 5.02 Å². The molecule has 1 aromatic heterocycles. The Morgan fingerprint density at radius 1 is 1.32 bits per heavy atom. The van der Waals surface area contributed by atoms with E-state index in [-0.39, 0.29) is 29.1 Å². The first-order valence-electron chi connectivity index (χ1n) is 11.8. The average molecular weight is 493 g/mol. The smallest absolute Gasteiger partial charge is 0.353 e. The maximum absolute atomic E-state index is 13.0. The van der Waals surface area contributed by atoms with Gasteiger partial charge in [-0.1, -0.05) is 11.6 Å². The molecular formula is C25H27ClF2N2O4. The van der Waals surface area contributed by atoms with Crippen molar-refractivity contribution in [1.82, 2.24) is 9.78 Å². The van der Waals surface area contributed by atoms with E-state index in [1.165, 1.54) is 5.56 Å². The molecule has 2 aromatic rings. The Labute approximate surface area is 201 Å². The van der Waals surface area contributed by atoms with E-state index < -0.39 is 24.4 Å². The zero-order valence-electron chi connectivity index (χ0n) is 18.8. The van der Waals surface area contributed by atoms with E-state index in [4.69, 9.17) is 21.1 Å². The number of ether oxygens (including phenoxy) is 2. The van der Waals surface area contributed by atoms with Gasteiger partial charge in [0.15, 0.2) is 11.9 Å². The Morgan fingerprint density at radius 3 is 2.76 bits per heavy atom. The number of fused-ring (bicyclic) bond motifs is 1. The lowest BCUT2D eigenvalue weighted by atomic mass is 9.32. The minimum atomic E-state index is -3.10. The van der Waals surface area contributed by atoms with Gasteiger partial charge in [-0.3, -0.25) is 9.48 Å². The third kappa shape index (κ3) is 3.74. The average Bonchev–Trinajstić information content (AvgIpc) is 3.14. The molecule has 4 aliphatic carbocycles. The monoisotopic (exact) mass is 492 g/mol. The first-order chi connectivity index (χ1) is 16.0. The number of rotatable bonds is 7. The number of halogens is 3. The molecule has 34 heavy (non-hydrogen) atoms. The Kier molecular flexibility index (Phi) is 4.94. The van der Waals surface area contributed by atoms with Crippen molar-refractivity contribution in [2.24, 2.45) is 5.41 Å². The van der Waals surface area contributed by atoms with Gasteiger partial charge in [0.25, 0.3) is 0 Å². The van der Waals surface area contributed by atoms with E-state index in [9.17, 15) is 18.7 Å². The van der Waals surface area contributed by atoms with Crippen molar-refractivity contribution < 1.29 is 28.2 Å². The maximum Gasteiger partial charge on any atom is 0.353 e. The number of alkyl halides is 2. The van der Waals surface area contributed by atoms with Crippen LogP contribution in [0.3, 0.4) is 0 Å². The molecule has 1 aromatic carbocycles. The predicted octanol–water partition coefficient (Wildman–Crippen LogP) is 5.13. The lowest BCUT2D eigenvalue weighted by Crippen LogP contribution is -2.65. The molecule has 6 nitrogen and oxygen atoms in total. The summed E-state index contributed by atoms with van der Waals surface area (Å²) < 4.78 is 38.5. The summed E-state index contributed by atoms with van der Waals surface area (Å²) >= 11 is 6.01. The van der Waals surface area contributed by atoms with E-state index in [1.807, 2.05) is 17.1 Å². The van der Waals surface area contributed by atoms with Gasteiger partial charge in [0, 0.05) is 42.0 Å².